The zero-order valence-corrected chi connectivity index (χ0v) is 11.5. The first-order valence-corrected chi connectivity index (χ1v) is 7.02. The maximum Gasteiger partial charge on any atom is 0.197 e. The van der Waals surface area contributed by atoms with Gasteiger partial charge in [-0.15, -0.1) is 0 Å². The average Bonchev–Trinajstić information content (AvgIpc) is 2.98. The van der Waals surface area contributed by atoms with Gasteiger partial charge in [0.2, 0.25) is 0 Å². The normalized spacial score (nSPS) is 17.2. The Morgan fingerprint density at radius 2 is 2.18 bits per heavy atom. The third-order valence-corrected chi connectivity index (χ3v) is 3.56. The maximum atomic E-state index is 5.81. The highest BCUT2D eigenvalue weighted by Crippen LogP contribution is 2.38. The SMILES string of the molecule is CC(CC1CC1)Nc1snc(N)c1OC(C)C. The van der Waals surface area contributed by atoms with Crippen LogP contribution in [0.1, 0.15) is 40.0 Å². The van der Waals surface area contributed by atoms with Crippen LogP contribution in [0.4, 0.5) is 10.8 Å². The fraction of sp³-hybridized carbons (Fsp3) is 0.750. The van der Waals surface area contributed by atoms with Gasteiger partial charge < -0.3 is 15.8 Å². The number of nitrogen functional groups attached to an aromatic ring is 1. The van der Waals surface area contributed by atoms with E-state index >= 15 is 0 Å². The molecular formula is C12H21N3OS. The van der Waals surface area contributed by atoms with E-state index in [0.717, 1.165) is 10.9 Å². The lowest BCUT2D eigenvalue weighted by Gasteiger charge is -2.16. The van der Waals surface area contributed by atoms with E-state index in [0.29, 0.717) is 17.6 Å². The fourth-order valence-electron chi connectivity index (χ4n) is 1.87. The molecule has 3 N–H and O–H groups in total. The molecule has 2 rings (SSSR count). The number of rotatable bonds is 6. The van der Waals surface area contributed by atoms with Crippen molar-refractivity contribution in [3.63, 3.8) is 0 Å². The predicted molar refractivity (Wildman–Crippen MR) is 72.7 cm³/mol. The second-order valence-corrected chi connectivity index (χ2v) is 5.89. The molecule has 1 saturated carbocycles. The minimum absolute atomic E-state index is 0.119. The van der Waals surface area contributed by atoms with E-state index in [-0.39, 0.29) is 6.10 Å². The van der Waals surface area contributed by atoms with Crippen LogP contribution in [-0.4, -0.2) is 16.5 Å². The summed E-state index contributed by atoms with van der Waals surface area (Å²) in [5.74, 6) is 2.12. The smallest absolute Gasteiger partial charge is 0.197 e. The molecule has 1 aromatic heterocycles. The molecule has 1 heterocycles. The van der Waals surface area contributed by atoms with Crippen molar-refractivity contribution in [3.8, 4) is 5.75 Å². The van der Waals surface area contributed by atoms with Crippen molar-refractivity contribution in [2.45, 2.75) is 52.2 Å². The van der Waals surface area contributed by atoms with Crippen molar-refractivity contribution in [2.75, 3.05) is 11.1 Å². The Morgan fingerprint density at radius 1 is 1.47 bits per heavy atom. The van der Waals surface area contributed by atoms with Crippen LogP contribution in [0.3, 0.4) is 0 Å². The molecule has 17 heavy (non-hydrogen) atoms. The molecule has 0 aliphatic heterocycles. The summed E-state index contributed by atoms with van der Waals surface area (Å²) in [6, 6.07) is 0.455. The van der Waals surface area contributed by atoms with Crippen LogP contribution >= 0.6 is 11.5 Å². The number of anilines is 2. The van der Waals surface area contributed by atoms with Gasteiger partial charge in [-0.05, 0) is 44.6 Å². The van der Waals surface area contributed by atoms with Gasteiger partial charge in [0.15, 0.2) is 16.6 Å². The third-order valence-electron chi connectivity index (χ3n) is 2.79. The number of nitrogens with one attached hydrogen (secondary N) is 1. The Labute approximate surface area is 107 Å². The Kier molecular flexibility index (Phi) is 3.76. The molecule has 96 valence electrons. The van der Waals surface area contributed by atoms with Gasteiger partial charge in [0, 0.05) is 6.04 Å². The predicted octanol–water partition coefficient (Wildman–Crippen LogP) is 3.11. The van der Waals surface area contributed by atoms with Gasteiger partial charge in [0.25, 0.3) is 0 Å². The molecule has 0 saturated heterocycles. The molecule has 1 fully saturated rings. The summed E-state index contributed by atoms with van der Waals surface area (Å²) in [6.07, 6.45) is 4.10. The van der Waals surface area contributed by atoms with Gasteiger partial charge in [-0.2, -0.15) is 4.37 Å². The zero-order valence-electron chi connectivity index (χ0n) is 10.7. The number of hydrogen-bond donors (Lipinski definition) is 2. The van der Waals surface area contributed by atoms with Crippen LogP contribution in [0.5, 0.6) is 5.75 Å². The number of hydrogen-bond acceptors (Lipinski definition) is 5. The largest absolute Gasteiger partial charge is 0.484 e. The van der Waals surface area contributed by atoms with Gasteiger partial charge in [-0.25, -0.2) is 0 Å². The highest BCUT2D eigenvalue weighted by Gasteiger charge is 2.24. The monoisotopic (exact) mass is 255 g/mol. The Hall–Kier alpha value is -0.970. The third kappa shape index (κ3) is 3.49. The molecule has 1 atom stereocenters. The summed E-state index contributed by atoms with van der Waals surface area (Å²) in [7, 11) is 0. The van der Waals surface area contributed by atoms with Crippen molar-refractivity contribution in [1.29, 1.82) is 0 Å². The van der Waals surface area contributed by atoms with E-state index in [2.05, 4.69) is 16.6 Å². The topological polar surface area (TPSA) is 60.2 Å². The molecular weight excluding hydrogens is 234 g/mol. The van der Waals surface area contributed by atoms with E-state index in [1.165, 1.54) is 30.8 Å². The Morgan fingerprint density at radius 3 is 2.76 bits per heavy atom. The number of aromatic nitrogens is 1. The zero-order chi connectivity index (χ0) is 12.4. The van der Waals surface area contributed by atoms with E-state index in [1.807, 2.05) is 13.8 Å². The summed E-state index contributed by atoms with van der Waals surface area (Å²) in [5.41, 5.74) is 5.81. The van der Waals surface area contributed by atoms with E-state index in [1.54, 1.807) is 0 Å². The van der Waals surface area contributed by atoms with Crippen molar-refractivity contribution >= 4 is 22.4 Å². The van der Waals surface area contributed by atoms with Crippen molar-refractivity contribution in [1.82, 2.24) is 4.37 Å². The summed E-state index contributed by atoms with van der Waals surface area (Å²) in [5, 5.41) is 4.42. The van der Waals surface area contributed by atoms with Gasteiger partial charge in [0.1, 0.15) is 0 Å². The Bertz CT molecular complexity index is 374. The Balaban J connectivity index is 1.98. The highest BCUT2D eigenvalue weighted by atomic mass is 32.1. The second-order valence-electron chi connectivity index (χ2n) is 5.12. The minimum Gasteiger partial charge on any atom is -0.484 e. The summed E-state index contributed by atoms with van der Waals surface area (Å²) < 4.78 is 9.85. The first-order chi connectivity index (χ1) is 8.06. The van der Waals surface area contributed by atoms with Crippen LogP contribution in [0.2, 0.25) is 0 Å². The van der Waals surface area contributed by atoms with Crippen molar-refractivity contribution in [3.05, 3.63) is 0 Å². The fourth-order valence-corrected chi connectivity index (χ4v) is 2.63. The standard InChI is InChI=1S/C12H21N3OS/c1-7(2)16-10-11(13)15-17-12(10)14-8(3)6-9-4-5-9/h7-9,14H,4-6H2,1-3H3,(H2,13,15). The van der Waals surface area contributed by atoms with Gasteiger partial charge in [-0.3, -0.25) is 0 Å². The molecule has 4 nitrogen and oxygen atoms in total. The lowest BCUT2D eigenvalue weighted by Crippen LogP contribution is -2.16. The molecule has 1 unspecified atom stereocenters. The first-order valence-electron chi connectivity index (χ1n) is 6.24. The number of ether oxygens (including phenoxy) is 1. The van der Waals surface area contributed by atoms with E-state index in [9.17, 15) is 0 Å². The number of nitrogens with zero attached hydrogens (tertiary/aromatic N) is 1. The average molecular weight is 255 g/mol. The summed E-state index contributed by atoms with van der Waals surface area (Å²) in [6.45, 7) is 6.19. The van der Waals surface area contributed by atoms with Gasteiger partial charge in [0.05, 0.1) is 6.10 Å². The molecule has 0 amide bonds. The van der Waals surface area contributed by atoms with Crippen molar-refractivity contribution in [2.24, 2.45) is 5.92 Å². The molecule has 5 heteroatoms. The van der Waals surface area contributed by atoms with E-state index in [4.69, 9.17) is 10.5 Å². The quantitative estimate of drug-likeness (QED) is 0.820. The van der Waals surface area contributed by atoms with Crippen LogP contribution in [-0.2, 0) is 0 Å². The molecule has 1 aromatic rings. The maximum absolute atomic E-state index is 5.81. The lowest BCUT2D eigenvalue weighted by molar-refractivity contribution is 0.245. The van der Waals surface area contributed by atoms with Crippen LogP contribution in [0.15, 0.2) is 0 Å². The highest BCUT2D eigenvalue weighted by molar-refractivity contribution is 7.11. The van der Waals surface area contributed by atoms with Crippen molar-refractivity contribution < 1.29 is 4.74 Å². The summed E-state index contributed by atoms with van der Waals surface area (Å²) in [4.78, 5) is 0. The second kappa shape index (κ2) is 5.12. The first kappa shape index (κ1) is 12.5. The molecule has 0 aromatic carbocycles. The van der Waals surface area contributed by atoms with Crippen LogP contribution in [0, 0.1) is 5.92 Å². The lowest BCUT2D eigenvalue weighted by atomic mass is 10.2. The van der Waals surface area contributed by atoms with Gasteiger partial charge in [-0.1, -0.05) is 12.8 Å². The minimum atomic E-state index is 0.119. The van der Waals surface area contributed by atoms with E-state index < -0.39 is 0 Å². The molecule has 0 spiro atoms. The molecule has 0 bridgehead atoms. The van der Waals surface area contributed by atoms with Crippen LogP contribution in [0.25, 0.3) is 0 Å². The van der Waals surface area contributed by atoms with Gasteiger partial charge >= 0.3 is 0 Å². The molecule has 0 radical (unpaired) electrons. The van der Waals surface area contributed by atoms with Crippen LogP contribution < -0.4 is 15.8 Å². The molecule has 1 aliphatic carbocycles. The number of nitrogens with two attached hydrogens (primary N) is 1. The molecule has 1 aliphatic rings. The summed E-state index contributed by atoms with van der Waals surface area (Å²) >= 11 is 1.38.